The quantitative estimate of drug-likeness (QED) is 0.764. The summed E-state index contributed by atoms with van der Waals surface area (Å²) in [5.41, 5.74) is 12.7. The molecule has 0 radical (unpaired) electrons. The van der Waals surface area contributed by atoms with Gasteiger partial charge in [-0.1, -0.05) is 30.0 Å². The van der Waals surface area contributed by atoms with E-state index in [1.807, 2.05) is 43.0 Å². The van der Waals surface area contributed by atoms with Gasteiger partial charge in [0.2, 0.25) is 5.91 Å². The number of carbonyl (C=O) groups is 1. The van der Waals surface area contributed by atoms with Crippen molar-refractivity contribution in [3.05, 3.63) is 35.4 Å². The SMILES string of the molecule is CC(C)N(CC(N)=O)Cc1ccccc1C#CCN. The van der Waals surface area contributed by atoms with Crippen molar-refractivity contribution in [2.75, 3.05) is 13.1 Å². The first-order chi connectivity index (χ1) is 9.04. The Kier molecular flexibility index (Phi) is 6.07. The molecule has 0 bridgehead atoms. The molecule has 19 heavy (non-hydrogen) atoms. The zero-order valence-corrected chi connectivity index (χ0v) is 11.5. The van der Waals surface area contributed by atoms with E-state index in [1.54, 1.807) is 0 Å². The summed E-state index contributed by atoms with van der Waals surface area (Å²) in [6.45, 7) is 5.31. The number of carbonyl (C=O) groups excluding carboxylic acids is 1. The molecule has 0 spiro atoms. The van der Waals surface area contributed by atoms with Gasteiger partial charge in [-0.15, -0.1) is 0 Å². The highest BCUT2D eigenvalue weighted by Crippen LogP contribution is 2.12. The Labute approximate surface area is 114 Å². The largest absolute Gasteiger partial charge is 0.369 e. The normalized spacial score (nSPS) is 10.4. The van der Waals surface area contributed by atoms with Crippen LogP contribution in [-0.4, -0.2) is 29.9 Å². The van der Waals surface area contributed by atoms with Crippen LogP contribution in [0.3, 0.4) is 0 Å². The molecule has 4 nitrogen and oxygen atoms in total. The van der Waals surface area contributed by atoms with Crippen LogP contribution in [0.15, 0.2) is 24.3 Å². The minimum Gasteiger partial charge on any atom is -0.369 e. The van der Waals surface area contributed by atoms with E-state index in [-0.39, 0.29) is 18.5 Å². The Morgan fingerprint density at radius 2 is 2.05 bits per heavy atom. The van der Waals surface area contributed by atoms with Crippen molar-refractivity contribution in [1.82, 2.24) is 4.90 Å². The van der Waals surface area contributed by atoms with Gasteiger partial charge in [0.1, 0.15) is 0 Å². The Morgan fingerprint density at radius 3 is 2.63 bits per heavy atom. The minimum absolute atomic E-state index is 0.239. The maximum Gasteiger partial charge on any atom is 0.231 e. The first-order valence-electron chi connectivity index (χ1n) is 6.33. The maximum atomic E-state index is 11.1. The molecule has 0 atom stereocenters. The Hall–Kier alpha value is -1.83. The van der Waals surface area contributed by atoms with Crippen LogP contribution in [0.2, 0.25) is 0 Å². The lowest BCUT2D eigenvalue weighted by molar-refractivity contribution is -0.119. The molecule has 0 unspecified atom stereocenters. The van der Waals surface area contributed by atoms with Crippen LogP contribution >= 0.6 is 0 Å². The van der Waals surface area contributed by atoms with Gasteiger partial charge >= 0.3 is 0 Å². The van der Waals surface area contributed by atoms with Crippen LogP contribution in [0, 0.1) is 11.8 Å². The molecular weight excluding hydrogens is 238 g/mol. The molecule has 1 rings (SSSR count). The lowest BCUT2D eigenvalue weighted by Gasteiger charge is -2.25. The van der Waals surface area contributed by atoms with Gasteiger partial charge in [-0.3, -0.25) is 9.69 Å². The number of rotatable bonds is 5. The molecular formula is C15H21N3O. The number of amides is 1. The monoisotopic (exact) mass is 259 g/mol. The predicted octanol–water partition coefficient (Wildman–Crippen LogP) is 0.693. The van der Waals surface area contributed by atoms with E-state index in [0.717, 1.165) is 11.1 Å². The van der Waals surface area contributed by atoms with Crippen molar-refractivity contribution < 1.29 is 4.79 Å². The van der Waals surface area contributed by atoms with Crippen molar-refractivity contribution >= 4 is 5.91 Å². The first-order valence-corrected chi connectivity index (χ1v) is 6.33. The molecule has 4 heteroatoms. The molecule has 1 aromatic rings. The molecule has 1 amide bonds. The summed E-state index contributed by atoms with van der Waals surface area (Å²) in [6.07, 6.45) is 0. The summed E-state index contributed by atoms with van der Waals surface area (Å²) in [4.78, 5) is 13.1. The highest BCUT2D eigenvalue weighted by molar-refractivity contribution is 5.76. The van der Waals surface area contributed by atoms with Gasteiger partial charge < -0.3 is 11.5 Å². The topological polar surface area (TPSA) is 72.3 Å². The number of hydrogen-bond acceptors (Lipinski definition) is 3. The molecule has 0 aliphatic carbocycles. The molecule has 0 fully saturated rings. The highest BCUT2D eigenvalue weighted by Gasteiger charge is 2.13. The summed E-state index contributed by atoms with van der Waals surface area (Å²) in [5, 5.41) is 0. The average molecular weight is 259 g/mol. The third kappa shape index (κ3) is 5.12. The molecule has 102 valence electrons. The van der Waals surface area contributed by atoms with Gasteiger partial charge in [-0.2, -0.15) is 0 Å². The third-order valence-electron chi connectivity index (χ3n) is 2.81. The second-order valence-corrected chi connectivity index (χ2v) is 4.63. The lowest BCUT2D eigenvalue weighted by atomic mass is 10.1. The summed E-state index contributed by atoms with van der Waals surface area (Å²) in [7, 11) is 0. The fraction of sp³-hybridized carbons (Fsp3) is 0.400. The molecule has 0 saturated heterocycles. The number of primary amides is 1. The number of nitrogens with two attached hydrogens (primary N) is 2. The molecule has 4 N–H and O–H groups in total. The minimum atomic E-state index is -0.320. The number of benzene rings is 1. The summed E-state index contributed by atoms with van der Waals surface area (Å²) < 4.78 is 0. The van der Waals surface area contributed by atoms with Gasteiger partial charge in [-0.25, -0.2) is 0 Å². The van der Waals surface area contributed by atoms with Crippen molar-refractivity contribution in [2.24, 2.45) is 11.5 Å². The van der Waals surface area contributed by atoms with E-state index in [0.29, 0.717) is 13.1 Å². The van der Waals surface area contributed by atoms with Gasteiger partial charge in [0.25, 0.3) is 0 Å². The van der Waals surface area contributed by atoms with Crippen LogP contribution in [0.25, 0.3) is 0 Å². The number of nitrogens with zero attached hydrogens (tertiary/aromatic N) is 1. The second-order valence-electron chi connectivity index (χ2n) is 4.63. The summed E-state index contributed by atoms with van der Waals surface area (Å²) in [6, 6.07) is 8.12. The summed E-state index contributed by atoms with van der Waals surface area (Å²) >= 11 is 0. The van der Waals surface area contributed by atoms with E-state index in [9.17, 15) is 4.79 Å². The van der Waals surface area contributed by atoms with Gasteiger partial charge in [0.15, 0.2) is 0 Å². The maximum absolute atomic E-state index is 11.1. The van der Waals surface area contributed by atoms with Gasteiger partial charge in [-0.05, 0) is 25.5 Å². The van der Waals surface area contributed by atoms with Crippen LogP contribution in [0.1, 0.15) is 25.0 Å². The Balaban J connectivity index is 2.92. The zero-order valence-electron chi connectivity index (χ0n) is 11.5. The molecule has 0 saturated carbocycles. The smallest absolute Gasteiger partial charge is 0.231 e. The van der Waals surface area contributed by atoms with Crippen LogP contribution in [0.5, 0.6) is 0 Å². The van der Waals surface area contributed by atoms with Crippen LogP contribution < -0.4 is 11.5 Å². The average Bonchev–Trinajstić information content (AvgIpc) is 2.36. The van der Waals surface area contributed by atoms with Crippen LogP contribution in [0.4, 0.5) is 0 Å². The highest BCUT2D eigenvalue weighted by atomic mass is 16.1. The standard InChI is InChI=1S/C15H21N3O/c1-12(2)18(11-15(17)19)10-14-7-4-3-6-13(14)8-5-9-16/h3-4,6-7,12H,9-11,16H2,1-2H3,(H2,17,19). The lowest BCUT2D eigenvalue weighted by Crippen LogP contribution is -2.38. The van der Waals surface area contributed by atoms with E-state index >= 15 is 0 Å². The van der Waals surface area contributed by atoms with E-state index in [1.165, 1.54) is 0 Å². The van der Waals surface area contributed by atoms with Gasteiger partial charge in [0, 0.05) is 18.2 Å². The van der Waals surface area contributed by atoms with Crippen molar-refractivity contribution in [2.45, 2.75) is 26.4 Å². The third-order valence-corrected chi connectivity index (χ3v) is 2.81. The molecule has 0 aliphatic heterocycles. The Bertz CT molecular complexity index is 486. The fourth-order valence-corrected chi connectivity index (χ4v) is 1.77. The molecule has 1 aromatic carbocycles. The predicted molar refractivity (Wildman–Crippen MR) is 77.1 cm³/mol. The first kappa shape index (κ1) is 15.2. The second kappa shape index (κ2) is 7.57. The van der Waals surface area contributed by atoms with E-state index in [4.69, 9.17) is 11.5 Å². The van der Waals surface area contributed by atoms with Crippen molar-refractivity contribution in [3.63, 3.8) is 0 Å². The number of hydrogen-bond donors (Lipinski definition) is 2. The van der Waals surface area contributed by atoms with E-state index < -0.39 is 0 Å². The van der Waals surface area contributed by atoms with Crippen LogP contribution in [-0.2, 0) is 11.3 Å². The molecule has 0 heterocycles. The molecule has 0 aromatic heterocycles. The molecule has 0 aliphatic rings. The Morgan fingerprint density at radius 1 is 1.37 bits per heavy atom. The van der Waals surface area contributed by atoms with E-state index in [2.05, 4.69) is 11.8 Å². The van der Waals surface area contributed by atoms with Crippen molar-refractivity contribution in [1.29, 1.82) is 0 Å². The zero-order chi connectivity index (χ0) is 14.3. The fourth-order valence-electron chi connectivity index (χ4n) is 1.77. The van der Waals surface area contributed by atoms with Crippen molar-refractivity contribution in [3.8, 4) is 11.8 Å². The van der Waals surface area contributed by atoms with Gasteiger partial charge in [0.05, 0.1) is 13.1 Å². The summed E-state index contributed by atoms with van der Waals surface area (Å²) in [5.74, 6) is 5.59.